The molecule has 1 heterocycles. The van der Waals surface area contributed by atoms with Crippen molar-refractivity contribution >= 4 is 57.9 Å². The summed E-state index contributed by atoms with van der Waals surface area (Å²) >= 11 is 13.2. The number of carbonyl (C=O) groups is 2. The van der Waals surface area contributed by atoms with E-state index in [1.807, 2.05) is 0 Å². The van der Waals surface area contributed by atoms with Gasteiger partial charge in [0.25, 0.3) is 11.1 Å². The van der Waals surface area contributed by atoms with Gasteiger partial charge in [-0.3, -0.25) is 9.59 Å². The van der Waals surface area contributed by atoms with Gasteiger partial charge >= 0.3 is 0 Å². The minimum Gasteiger partial charge on any atom is -0.493 e. The standard InChI is InChI=1S/C18H13Cl2NO4S/c1-24-14-7-10(12(20)9-15(14)25-2)8-16-17(22)21(18(23)26-16)13-6-4-3-5-11(13)19/h3-9H,1-2H3/b16-8+. The Morgan fingerprint density at radius 2 is 1.65 bits per heavy atom. The molecule has 1 saturated heterocycles. The average Bonchev–Trinajstić information content (AvgIpc) is 2.90. The van der Waals surface area contributed by atoms with Crippen LogP contribution < -0.4 is 14.4 Å². The number of methoxy groups -OCH3 is 2. The highest BCUT2D eigenvalue weighted by Gasteiger charge is 2.37. The molecule has 26 heavy (non-hydrogen) atoms. The third-order valence-corrected chi connectivity index (χ3v) is 5.19. The Morgan fingerprint density at radius 1 is 1.00 bits per heavy atom. The molecule has 3 rings (SSSR count). The molecule has 0 aromatic heterocycles. The number of hydrogen-bond donors (Lipinski definition) is 0. The number of thioether (sulfide) groups is 1. The molecule has 0 saturated carbocycles. The van der Waals surface area contributed by atoms with E-state index in [1.165, 1.54) is 14.2 Å². The molecule has 8 heteroatoms. The highest BCUT2D eigenvalue weighted by atomic mass is 35.5. The van der Waals surface area contributed by atoms with E-state index in [9.17, 15) is 9.59 Å². The van der Waals surface area contributed by atoms with Crippen LogP contribution in [-0.4, -0.2) is 25.4 Å². The lowest BCUT2D eigenvalue weighted by Crippen LogP contribution is -2.27. The predicted octanol–water partition coefficient (Wildman–Crippen LogP) is 5.25. The third-order valence-electron chi connectivity index (χ3n) is 3.68. The Bertz CT molecular complexity index is 929. The molecule has 1 aliphatic rings. The number of rotatable bonds is 4. The number of nitrogens with zero attached hydrogens (tertiary/aromatic N) is 1. The molecule has 5 nitrogen and oxygen atoms in total. The van der Waals surface area contributed by atoms with Crippen molar-refractivity contribution in [3.8, 4) is 11.5 Å². The van der Waals surface area contributed by atoms with Gasteiger partial charge in [-0.25, -0.2) is 4.90 Å². The van der Waals surface area contributed by atoms with E-state index in [0.717, 1.165) is 16.7 Å². The summed E-state index contributed by atoms with van der Waals surface area (Å²) in [6.07, 6.45) is 1.55. The number of benzene rings is 2. The molecule has 134 valence electrons. The number of carbonyl (C=O) groups excluding carboxylic acids is 2. The number of imide groups is 1. The van der Waals surface area contributed by atoms with Crippen LogP contribution in [0.1, 0.15) is 5.56 Å². The van der Waals surface area contributed by atoms with Crippen LogP contribution in [0.25, 0.3) is 6.08 Å². The van der Waals surface area contributed by atoms with E-state index in [2.05, 4.69) is 0 Å². The molecule has 0 spiro atoms. The second-order valence-corrected chi connectivity index (χ2v) is 7.00. The molecule has 2 aromatic rings. The molecule has 1 aliphatic heterocycles. The van der Waals surface area contributed by atoms with Gasteiger partial charge in [-0.2, -0.15) is 0 Å². The first-order chi connectivity index (χ1) is 12.5. The fourth-order valence-corrected chi connectivity index (χ4v) is 3.68. The number of anilines is 1. The van der Waals surface area contributed by atoms with Crippen LogP contribution >= 0.6 is 35.0 Å². The summed E-state index contributed by atoms with van der Waals surface area (Å²) in [6, 6.07) is 9.90. The normalized spacial score (nSPS) is 15.7. The van der Waals surface area contributed by atoms with E-state index in [4.69, 9.17) is 32.7 Å². The second-order valence-electron chi connectivity index (χ2n) is 5.20. The Kier molecular flexibility index (Phi) is 5.46. The number of hydrogen-bond acceptors (Lipinski definition) is 5. The summed E-state index contributed by atoms with van der Waals surface area (Å²) in [7, 11) is 3.00. The minimum atomic E-state index is -0.459. The molecule has 1 fully saturated rings. The zero-order valence-electron chi connectivity index (χ0n) is 13.8. The molecular weight excluding hydrogens is 397 g/mol. The zero-order chi connectivity index (χ0) is 18.8. The van der Waals surface area contributed by atoms with Gasteiger partial charge in [-0.05, 0) is 41.6 Å². The fourth-order valence-electron chi connectivity index (χ4n) is 2.43. The first-order valence-electron chi connectivity index (χ1n) is 7.40. The van der Waals surface area contributed by atoms with Gasteiger partial charge in [0.2, 0.25) is 0 Å². The van der Waals surface area contributed by atoms with Gasteiger partial charge in [0.15, 0.2) is 11.5 Å². The lowest BCUT2D eigenvalue weighted by molar-refractivity contribution is -0.113. The van der Waals surface area contributed by atoms with Gasteiger partial charge in [-0.1, -0.05) is 35.3 Å². The van der Waals surface area contributed by atoms with Crippen molar-refractivity contribution in [1.82, 2.24) is 0 Å². The minimum absolute atomic E-state index is 0.240. The lowest BCUT2D eigenvalue weighted by atomic mass is 10.1. The topological polar surface area (TPSA) is 55.8 Å². The molecule has 0 bridgehead atoms. The average molecular weight is 410 g/mol. The van der Waals surface area contributed by atoms with E-state index in [1.54, 1.807) is 42.5 Å². The summed E-state index contributed by atoms with van der Waals surface area (Å²) in [5, 5.41) is 0.262. The number of para-hydroxylation sites is 1. The molecule has 0 radical (unpaired) electrons. The van der Waals surface area contributed by atoms with Crippen LogP contribution in [0.4, 0.5) is 10.5 Å². The van der Waals surface area contributed by atoms with Gasteiger partial charge in [0.05, 0.1) is 34.9 Å². The van der Waals surface area contributed by atoms with Crippen molar-refractivity contribution in [2.75, 3.05) is 19.1 Å². The van der Waals surface area contributed by atoms with Gasteiger partial charge < -0.3 is 9.47 Å². The monoisotopic (exact) mass is 409 g/mol. The SMILES string of the molecule is COc1cc(Cl)c(/C=C2/SC(=O)N(c3ccccc3Cl)C2=O)cc1OC. The molecule has 0 unspecified atom stereocenters. The largest absolute Gasteiger partial charge is 0.493 e. The highest BCUT2D eigenvalue weighted by molar-refractivity contribution is 8.19. The van der Waals surface area contributed by atoms with E-state index in [0.29, 0.717) is 32.8 Å². The molecule has 2 amide bonds. The summed E-state index contributed by atoms with van der Waals surface area (Å²) < 4.78 is 10.4. The maximum atomic E-state index is 12.7. The molecule has 0 atom stereocenters. The summed E-state index contributed by atoms with van der Waals surface area (Å²) in [4.78, 5) is 26.3. The lowest BCUT2D eigenvalue weighted by Gasteiger charge is -2.13. The second kappa shape index (κ2) is 7.61. The smallest absolute Gasteiger partial charge is 0.298 e. The van der Waals surface area contributed by atoms with Crippen LogP contribution in [0.3, 0.4) is 0 Å². The fraction of sp³-hybridized carbons (Fsp3) is 0.111. The predicted molar refractivity (Wildman–Crippen MR) is 104 cm³/mol. The molecular formula is C18H13Cl2NO4S. The van der Waals surface area contributed by atoms with Crippen LogP contribution in [0.15, 0.2) is 41.3 Å². The van der Waals surface area contributed by atoms with Crippen molar-refractivity contribution < 1.29 is 19.1 Å². The maximum absolute atomic E-state index is 12.7. The molecule has 0 aliphatic carbocycles. The summed E-state index contributed by atoms with van der Waals surface area (Å²) in [5.41, 5.74) is 0.882. The van der Waals surface area contributed by atoms with Gasteiger partial charge in [0, 0.05) is 6.07 Å². The van der Waals surface area contributed by atoms with Crippen molar-refractivity contribution in [3.63, 3.8) is 0 Å². The van der Waals surface area contributed by atoms with Crippen LogP contribution in [-0.2, 0) is 4.79 Å². The number of amides is 2. The van der Waals surface area contributed by atoms with Crippen molar-refractivity contribution in [1.29, 1.82) is 0 Å². The van der Waals surface area contributed by atoms with Crippen molar-refractivity contribution in [2.24, 2.45) is 0 Å². The van der Waals surface area contributed by atoms with Crippen molar-refractivity contribution in [3.05, 3.63) is 56.9 Å². The quantitative estimate of drug-likeness (QED) is 0.645. The first-order valence-corrected chi connectivity index (χ1v) is 8.97. The van der Waals surface area contributed by atoms with Crippen molar-refractivity contribution in [2.45, 2.75) is 0 Å². The van der Waals surface area contributed by atoms with E-state index < -0.39 is 11.1 Å². The number of ether oxygens (including phenoxy) is 2. The van der Waals surface area contributed by atoms with E-state index >= 15 is 0 Å². The first kappa shape index (κ1) is 18.6. The summed E-state index contributed by atoms with van der Waals surface area (Å²) in [5.74, 6) is 0.478. The summed E-state index contributed by atoms with van der Waals surface area (Å²) in [6.45, 7) is 0. The van der Waals surface area contributed by atoms with Gasteiger partial charge in [-0.15, -0.1) is 0 Å². The Balaban J connectivity index is 2.00. The highest BCUT2D eigenvalue weighted by Crippen LogP contribution is 2.40. The maximum Gasteiger partial charge on any atom is 0.298 e. The third kappa shape index (κ3) is 3.40. The van der Waals surface area contributed by atoms with Gasteiger partial charge in [0.1, 0.15) is 0 Å². The number of halogens is 2. The molecule has 2 aromatic carbocycles. The van der Waals surface area contributed by atoms with Crippen LogP contribution in [0, 0.1) is 0 Å². The Morgan fingerprint density at radius 3 is 2.31 bits per heavy atom. The Labute approximate surface area is 164 Å². The van der Waals surface area contributed by atoms with E-state index in [-0.39, 0.29) is 4.91 Å². The molecule has 0 N–H and O–H groups in total. The van der Waals surface area contributed by atoms with Crippen LogP contribution in [0.5, 0.6) is 11.5 Å². The van der Waals surface area contributed by atoms with Crippen LogP contribution in [0.2, 0.25) is 10.0 Å². The zero-order valence-corrected chi connectivity index (χ0v) is 16.1. The Hall–Kier alpha value is -2.15.